The van der Waals surface area contributed by atoms with E-state index in [1.807, 2.05) is 27.7 Å². The van der Waals surface area contributed by atoms with Crippen LogP contribution >= 0.6 is 0 Å². The minimum Gasteiger partial charge on any atom is -0.497 e. The average Bonchev–Trinajstić information content (AvgIpc) is 2.91. The molecule has 0 bridgehead atoms. The van der Waals surface area contributed by atoms with Gasteiger partial charge in [-0.1, -0.05) is 48.9 Å². The molecule has 1 atom stereocenters. The Balaban J connectivity index is 2.09. The van der Waals surface area contributed by atoms with Gasteiger partial charge in [-0.15, -0.1) is 0 Å². The Morgan fingerprint density at radius 3 is 2.24 bits per heavy atom. The minimum absolute atomic E-state index is 0.00178. The lowest BCUT2D eigenvalue weighted by Gasteiger charge is -2.34. The molecule has 10 heteroatoms. The van der Waals surface area contributed by atoms with Crippen molar-refractivity contribution >= 4 is 27.5 Å². The zero-order valence-corrected chi connectivity index (χ0v) is 25.2. The van der Waals surface area contributed by atoms with Crippen LogP contribution < -0.4 is 14.4 Å². The number of rotatable bonds is 11. The Labute approximate surface area is 242 Å². The molecular weight excluding hydrogens is 545 g/mol. The Kier molecular flexibility index (Phi) is 10.1. The van der Waals surface area contributed by atoms with Crippen molar-refractivity contribution < 1.29 is 27.1 Å². The second-order valence-electron chi connectivity index (χ2n) is 10.8. The second-order valence-corrected chi connectivity index (χ2v) is 12.7. The van der Waals surface area contributed by atoms with Crippen molar-refractivity contribution in [2.24, 2.45) is 0 Å². The van der Waals surface area contributed by atoms with Gasteiger partial charge in [-0.25, -0.2) is 12.8 Å². The van der Waals surface area contributed by atoms with Crippen molar-refractivity contribution in [3.05, 3.63) is 89.7 Å². The number of amides is 2. The van der Waals surface area contributed by atoms with Crippen molar-refractivity contribution in [3.8, 4) is 5.75 Å². The fourth-order valence-corrected chi connectivity index (χ4v) is 5.77. The van der Waals surface area contributed by atoms with Crippen LogP contribution in [-0.4, -0.2) is 50.4 Å². The molecule has 0 heterocycles. The number of para-hydroxylation sites is 1. The molecule has 0 aliphatic heterocycles. The normalized spacial score (nSPS) is 12.4. The summed E-state index contributed by atoms with van der Waals surface area (Å²) in [7, 11) is -2.84. The molecule has 0 aliphatic carbocycles. The highest BCUT2D eigenvalue weighted by Crippen LogP contribution is 2.27. The topological polar surface area (TPSA) is 96.0 Å². The van der Waals surface area contributed by atoms with Gasteiger partial charge in [0.25, 0.3) is 10.0 Å². The van der Waals surface area contributed by atoms with E-state index in [2.05, 4.69) is 5.32 Å². The first kappa shape index (κ1) is 31.6. The molecule has 1 N–H and O–H groups in total. The number of hydrogen-bond acceptors (Lipinski definition) is 5. The summed E-state index contributed by atoms with van der Waals surface area (Å²) in [5.74, 6) is -1.28. The van der Waals surface area contributed by atoms with E-state index in [1.165, 1.54) is 42.3 Å². The number of benzene rings is 3. The average molecular weight is 584 g/mol. The summed E-state index contributed by atoms with van der Waals surface area (Å²) in [6.07, 6.45) is 0.266. The van der Waals surface area contributed by atoms with Gasteiger partial charge in [-0.2, -0.15) is 0 Å². The van der Waals surface area contributed by atoms with Gasteiger partial charge < -0.3 is 15.0 Å². The molecule has 0 aliphatic rings. The number of halogens is 1. The van der Waals surface area contributed by atoms with Gasteiger partial charge in [0.15, 0.2) is 0 Å². The zero-order chi connectivity index (χ0) is 30.4. The van der Waals surface area contributed by atoms with Crippen LogP contribution in [0.4, 0.5) is 10.1 Å². The van der Waals surface area contributed by atoms with Gasteiger partial charge in [0.05, 0.1) is 17.7 Å². The van der Waals surface area contributed by atoms with Gasteiger partial charge >= 0.3 is 0 Å². The molecule has 220 valence electrons. The third kappa shape index (κ3) is 8.07. The molecule has 0 radical (unpaired) electrons. The van der Waals surface area contributed by atoms with Crippen LogP contribution in [0.3, 0.4) is 0 Å². The van der Waals surface area contributed by atoms with Crippen LogP contribution in [0.2, 0.25) is 0 Å². The van der Waals surface area contributed by atoms with E-state index in [-0.39, 0.29) is 29.5 Å². The Morgan fingerprint density at radius 2 is 1.66 bits per heavy atom. The first-order valence-electron chi connectivity index (χ1n) is 13.3. The van der Waals surface area contributed by atoms with Crippen molar-refractivity contribution in [2.75, 3.05) is 18.0 Å². The predicted molar refractivity (Wildman–Crippen MR) is 158 cm³/mol. The number of methoxy groups -OCH3 is 1. The minimum atomic E-state index is -4.36. The van der Waals surface area contributed by atoms with E-state index in [4.69, 9.17) is 4.74 Å². The van der Waals surface area contributed by atoms with Crippen LogP contribution in [0.25, 0.3) is 0 Å². The number of sulfonamides is 1. The first-order valence-corrected chi connectivity index (χ1v) is 14.8. The quantitative estimate of drug-likeness (QED) is 0.341. The van der Waals surface area contributed by atoms with E-state index in [0.717, 1.165) is 15.9 Å². The van der Waals surface area contributed by atoms with E-state index in [1.54, 1.807) is 43.3 Å². The van der Waals surface area contributed by atoms with E-state index in [0.29, 0.717) is 11.3 Å². The molecule has 0 fully saturated rings. The van der Waals surface area contributed by atoms with Crippen LogP contribution in [0.5, 0.6) is 5.75 Å². The standard InChI is InChI=1S/C31H38FN3O5S/c1-7-27(30(37)33-31(3,4)5)34(20-23-11-10-12-24(19-23)40-6)29(36)21-35(28-14-9-8-13-26(28)32)41(38,39)25-17-15-22(2)16-18-25/h8-19,27H,7,20-21H2,1-6H3,(H,33,37)/t27-/m0/s1. The third-order valence-corrected chi connectivity index (χ3v) is 8.15. The fourth-order valence-electron chi connectivity index (χ4n) is 4.34. The van der Waals surface area contributed by atoms with Crippen LogP contribution in [0.1, 0.15) is 45.2 Å². The number of ether oxygens (including phenoxy) is 1. The summed E-state index contributed by atoms with van der Waals surface area (Å²) in [6, 6.07) is 17.6. The molecule has 8 nitrogen and oxygen atoms in total. The van der Waals surface area contributed by atoms with Crippen molar-refractivity contribution in [2.45, 2.75) is 64.1 Å². The molecule has 0 aromatic heterocycles. The lowest BCUT2D eigenvalue weighted by atomic mass is 10.1. The highest BCUT2D eigenvalue weighted by atomic mass is 32.2. The monoisotopic (exact) mass is 583 g/mol. The number of nitrogens with one attached hydrogen (secondary N) is 1. The summed E-state index contributed by atoms with van der Waals surface area (Å²) < 4.78 is 48.8. The van der Waals surface area contributed by atoms with Gasteiger partial charge in [0, 0.05) is 12.1 Å². The van der Waals surface area contributed by atoms with Crippen molar-refractivity contribution in [1.82, 2.24) is 10.2 Å². The third-order valence-electron chi connectivity index (χ3n) is 6.38. The van der Waals surface area contributed by atoms with E-state index >= 15 is 4.39 Å². The number of carbonyl (C=O) groups excluding carboxylic acids is 2. The zero-order valence-electron chi connectivity index (χ0n) is 24.3. The number of anilines is 1. The summed E-state index contributed by atoms with van der Waals surface area (Å²) in [6.45, 7) is 8.37. The van der Waals surface area contributed by atoms with Crippen molar-refractivity contribution in [1.29, 1.82) is 0 Å². The fraction of sp³-hybridized carbons (Fsp3) is 0.355. The van der Waals surface area contributed by atoms with Gasteiger partial charge in [0.1, 0.15) is 24.2 Å². The van der Waals surface area contributed by atoms with Gasteiger partial charge in [-0.05, 0) is 76.1 Å². The first-order chi connectivity index (χ1) is 19.3. The molecule has 3 aromatic carbocycles. The largest absolute Gasteiger partial charge is 0.497 e. The van der Waals surface area contributed by atoms with Crippen LogP contribution in [0, 0.1) is 12.7 Å². The van der Waals surface area contributed by atoms with Crippen LogP contribution in [-0.2, 0) is 26.2 Å². The molecule has 0 unspecified atom stereocenters. The highest BCUT2D eigenvalue weighted by molar-refractivity contribution is 7.92. The second kappa shape index (κ2) is 13.2. The lowest BCUT2D eigenvalue weighted by Crippen LogP contribution is -2.55. The van der Waals surface area contributed by atoms with Gasteiger partial charge in [0.2, 0.25) is 11.8 Å². The number of hydrogen-bond donors (Lipinski definition) is 1. The summed E-state index contributed by atoms with van der Waals surface area (Å²) in [5, 5.41) is 2.92. The predicted octanol–water partition coefficient (Wildman–Crippen LogP) is 5.06. The van der Waals surface area contributed by atoms with Gasteiger partial charge in [-0.3, -0.25) is 13.9 Å². The summed E-state index contributed by atoms with van der Waals surface area (Å²) in [5.41, 5.74) is 0.689. The smallest absolute Gasteiger partial charge is 0.264 e. The number of aryl methyl sites for hydroxylation is 1. The summed E-state index contributed by atoms with van der Waals surface area (Å²) >= 11 is 0. The SMILES string of the molecule is CC[C@@H](C(=O)NC(C)(C)C)N(Cc1cccc(OC)c1)C(=O)CN(c1ccccc1F)S(=O)(=O)c1ccc(C)cc1. The lowest BCUT2D eigenvalue weighted by molar-refractivity contribution is -0.141. The molecule has 3 rings (SSSR count). The number of carbonyl (C=O) groups is 2. The molecular formula is C31H38FN3O5S. The Morgan fingerprint density at radius 1 is 1.00 bits per heavy atom. The van der Waals surface area contributed by atoms with Crippen molar-refractivity contribution in [3.63, 3.8) is 0 Å². The number of nitrogens with zero attached hydrogens (tertiary/aromatic N) is 2. The van der Waals surface area contributed by atoms with Crippen LogP contribution in [0.15, 0.2) is 77.7 Å². The molecule has 41 heavy (non-hydrogen) atoms. The Hall–Kier alpha value is -3.92. The molecule has 0 saturated carbocycles. The maximum Gasteiger partial charge on any atom is 0.264 e. The van der Waals surface area contributed by atoms with E-state index in [9.17, 15) is 18.0 Å². The molecule has 3 aromatic rings. The van der Waals surface area contributed by atoms with E-state index < -0.39 is 39.9 Å². The summed E-state index contributed by atoms with van der Waals surface area (Å²) in [4.78, 5) is 28.7. The molecule has 0 saturated heterocycles. The Bertz CT molecular complexity index is 1470. The molecule has 2 amide bonds. The highest BCUT2D eigenvalue weighted by Gasteiger charge is 2.35. The maximum absolute atomic E-state index is 15.1. The maximum atomic E-state index is 15.1. The molecule has 0 spiro atoms.